The first-order valence-corrected chi connectivity index (χ1v) is 49.6. The molecule has 1 aliphatic heterocycles. The SMILES string of the molecule is CCCCCCCCCOC(=O)CCCCCCCN(CCCCCCCC(=O)O)CCCCC(=O)N1CCN(C(=O)CCCCN(CCCCCCCC(=O)OCCCCCCCCC)C(CCCCCCC(=O)O)(C(CCCCCCCC)CCCCCCCC)C(CCCCCCCC)CCCCCCCC)CC1. The highest BCUT2D eigenvalue weighted by Gasteiger charge is 2.47. The van der Waals surface area contributed by atoms with Gasteiger partial charge in [0.25, 0.3) is 0 Å². The van der Waals surface area contributed by atoms with Crippen LogP contribution in [0.15, 0.2) is 0 Å². The van der Waals surface area contributed by atoms with Gasteiger partial charge in [0.1, 0.15) is 0 Å². The second-order valence-electron chi connectivity index (χ2n) is 35.1. The Hall–Kier alpha value is -3.26. The van der Waals surface area contributed by atoms with Crippen LogP contribution in [0, 0.1) is 11.8 Å². The molecule has 0 spiro atoms. The number of hydrogen-bond donors (Lipinski definition) is 2. The van der Waals surface area contributed by atoms with E-state index in [1.807, 2.05) is 4.90 Å². The lowest BCUT2D eigenvalue weighted by molar-refractivity contribution is -0.144. The van der Waals surface area contributed by atoms with Crippen LogP contribution in [-0.2, 0) is 38.2 Å². The molecule has 0 aromatic carbocycles. The van der Waals surface area contributed by atoms with E-state index in [0.717, 1.165) is 206 Å². The van der Waals surface area contributed by atoms with Gasteiger partial charge < -0.3 is 34.4 Å². The summed E-state index contributed by atoms with van der Waals surface area (Å²) < 4.78 is 11.3. The highest BCUT2D eigenvalue weighted by atomic mass is 16.5. The van der Waals surface area contributed by atoms with Crippen molar-refractivity contribution in [3.05, 3.63) is 0 Å². The minimum atomic E-state index is -0.716. The van der Waals surface area contributed by atoms with E-state index < -0.39 is 11.9 Å². The van der Waals surface area contributed by atoms with Crippen molar-refractivity contribution >= 4 is 35.7 Å². The normalized spacial score (nSPS) is 12.8. The largest absolute Gasteiger partial charge is 0.481 e. The van der Waals surface area contributed by atoms with Crippen LogP contribution in [0.2, 0.25) is 0 Å². The van der Waals surface area contributed by atoms with Gasteiger partial charge in [0, 0.05) is 70.2 Å². The van der Waals surface area contributed by atoms with Crippen LogP contribution in [-0.4, -0.2) is 143 Å². The molecule has 0 bridgehead atoms. The van der Waals surface area contributed by atoms with Crippen molar-refractivity contribution in [3.8, 4) is 0 Å². The van der Waals surface area contributed by atoms with Gasteiger partial charge in [-0.2, -0.15) is 0 Å². The van der Waals surface area contributed by atoms with Gasteiger partial charge >= 0.3 is 23.9 Å². The van der Waals surface area contributed by atoms with Gasteiger partial charge in [0.15, 0.2) is 0 Å². The molecule has 0 radical (unpaired) electrons. The Kier molecular flexibility index (Phi) is 76.4. The highest BCUT2D eigenvalue weighted by Crippen LogP contribution is 2.48. The van der Waals surface area contributed by atoms with E-state index in [1.54, 1.807) is 0 Å². The summed E-state index contributed by atoms with van der Waals surface area (Å²) in [6, 6.07) is 0. The van der Waals surface area contributed by atoms with Crippen LogP contribution >= 0.6 is 0 Å². The maximum atomic E-state index is 14.5. The van der Waals surface area contributed by atoms with Crippen molar-refractivity contribution in [3.63, 3.8) is 0 Å². The molecule has 0 aromatic rings. The Bertz CT molecular complexity index is 2050. The molecule has 14 heteroatoms. The number of nitrogens with zero attached hydrogens (tertiary/aromatic N) is 4. The summed E-state index contributed by atoms with van der Waals surface area (Å²) in [7, 11) is 0. The van der Waals surface area contributed by atoms with Gasteiger partial charge in [0.05, 0.1) is 13.2 Å². The number of amides is 2. The average Bonchev–Trinajstić information content (AvgIpc) is 0.767. The fourth-order valence-corrected chi connectivity index (χ4v) is 18.0. The van der Waals surface area contributed by atoms with Gasteiger partial charge in [-0.25, -0.2) is 0 Å². The summed E-state index contributed by atoms with van der Waals surface area (Å²) in [6.45, 7) is 22.4. The molecule has 0 atom stereocenters. The molecule has 1 heterocycles. The Morgan fingerprint density at radius 1 is 0.277 bits per heavy atom. The van der Waals surface area contributed by atoms with Crippen molar-refractivity contribution in [1.29, 1.82) is 0 Å². The Morgan fingerprint density at radius 2 is 0.509 bits per heavy atom. The van der Waals surface area contributed by atoms with Crippen LogP contribution in [0.5, 0.6) is 0 Å². The Balaban J connectivity index is 3.47. The van der Waals surface area contributed by atoms with Gasteiger partial charge in [-0.3, -0.25) is 33.7 Å². The van der Waals surface area contributed by atoms with E-state index in [1.165, 1.54) is 250 Å². The summed E-state index contributed by atoms with van der Waals surface area (Å²) >= 11 is 0. The number of esters is 2. The third kappa shape index (κ3) is 62.0. The fraction of sp³-hybridized carbons (Fsp3) is 0.939. The van der Waals surface area contributed by atoms with Crippen LogP contribution in [0.25, 0.3) is 0 Å². The molecule has 0 aromatic heterocycles. The molecule has 1 aliphatic rings. The number of carbonyl (C=O) groups excluding carboxylic acids is 4. The predicted octanol–water partition coefficient (Wildman–Crippen LogP) is 27.7. The minimum absolute atomic E-state index is 0.0117. The molecule has 1 saturated heterocycles. The lowest BCUT2D eigenvalue weighted by Crippen LogP contribution is -2.59. The van der Waals surface area contributed by atoms with E-state index in [-0.39, 0.29) is 42.1 Å². The maximum Gasteiger partial charge on any atom is 0.305 e. The summed E-state index contributed by atoms with van der Waals surface area (Å²) in [4.78, 5) is 86.5. The molecule has 2 N–H and O–H groups in total. The summed E-state index contributed by atoms with van der Waals surface area (Å²) in [5.74, 6) is 0.106. The quantitative estimate of drug-likeness (QED) is 0.0436. The van der Waals surface area contributed by atoms with E-state index in [9.17, 15) is 33.9 Å². The number of carboxylic acids is 2. The number of piperazine rings is 1. The Morgan fingerprint density at radius 3 is 0.821 bits per heavy atom. The number of unbranched alkanes of at least 4 members (excludes halogenated alkanes) is 49. The molecule has 1 rings (SSSR count). The number of carboxylic acid groups (broad SMARTS) is 2. The van der Waals surface area contributed by atoms with Gasteiger partial charge in [-0.15, -0.1) is 0 Å². The van der Waals surface area contributed by atoms with E-state index >= 15 is 0 Å². The minimum Gasteiger partial charge on any atom is -0.481 e. The molecule has 0 aliphatic carbocycles. The first-order valence-electron chi connectivity index (χ1n) is 49.6. The zero-order chi connectivity index (χ0) is 81.5. The fourth-order valence-electron chi connectivity index (χ4n) is 18.0. The van der Waals surface area contributed by atoms with Crippen LogP contribution in [0.1, 0.15) is 504 Å². The first-order chi connectivity index (χ1) is 54.8. The maximum absolute atomic E-state index is 14.5. The predicted molar refractivity (Wildman–Crippen MR) is 475 cm³/mol. The van der Waals surface area contributed by atoms with Gasteiger partial charge in [-0.1, -0.05) is 350 Å². The van der Waals surface area contributed by atoms with Gasteiger partial charge in [0.2, 0.25) is 11.8 Å². The zero-order valence-electron chi connectivity index (χ0n) is 75.3. The zero-order valence-corrected chi connectivity index (χ0v) is 75.3. The monoisotopic (exact) mass is 1580 g/mol. The van der Waals surface area contributed by atoms with E-state index in [4.69, 9.17) is 14.6 Å². The Labute approximate surface area is 693 Å². The number of aliphatic carboxylic acids is 2. The summed E-state index contributed by atoms with van der Waals surface area (Å²) in [6.07, 6.45) is 80.2. The molecule has 0 unspecified atom stereocenters. The molecule has 2 amide bonds. The lowest BCUT2D eigenvalue weighted by Gasteiger charge is -2.55. The van der Waals surface area contributed by atoms with Crippen LogP contribution in [0.3, 0.4) is 0 Å². The number of ether oxygens (including phenoxy) is 2. The van der Waals surface area contributed by atoms with E-state index in [0.29, 0.717) is 76.9 Å². The van der Waals surface area contributed by atoms with Crippen LogP contribution < -0.4 is 0 Å². The third-order valence-corrected chi connectivity index (χ3v) is 25.1. The second kappa shape index (κ2) is 80.2. The molecule has 1 fully saturated rings. The lowest BCUT2D eigenvalue weighted by atomic mass is 9.63. The third-order valence-electron chi connectivity index (χ3n) is 25.1. The molecule has 14 nitrogen and oxygen atoms in total. The first kappa shape index (κ1) is 107. The topological polar surface area (TPSA) is 174 Å². The molecule has 660 valence electrons. The van der Waals surface area contributed by atoms with Crippen molar-refractivity contribution < 1.29 is 48.5 Å². The van der Waals surface area contributed by atoms with Crippen LogP contribution in [0.4, 0.5) is 0 Å². The van der Waals surface area contributed by atoms with Crippen molar-refractivity contribution in [1.82, 2.24) is 19.6 Å². The smallest absolute Gasteiger partial charge is 0.305 e. The molecule has 0 saturated carbocycles. The standard InChI is InChI=1S/C98H188N4O10/c1-7-13-19-25-31-48-66-88-111-96(109)76-56-41-34-46-62-80-99(79-61-45-33-40-54-74-94(105)106)81-64-58-72-92(103)100-84-86-101(87-85-100)93(104)73-59-65-83-102(82-63-47-35-42-57-77-97(110)112-89-67-49-32-26-20-14-8-2)98(78-60-44-43-55-75-95(107)108,90(68-50-36-27-21-15-9-3)69-51-37-28-22-16-10-4)91(70-52-38-29-23-17-11-5)71-53-39-30-24-18-12-6/h90-91H,7-89H2,1-6H3,(H,105,106)(H,107,108). The molecular formula is C98H188N4O10. The summed E-state index contributed by atoms with van der Waals surface area (Å²) in [5, 5.41) is 18.9. The van der Waals surface area contributed by atoms with Crippen molar-refractivity contribution in [2.24, 2.45) is 11.8 Å². The van der Waals surface area contributed by atoms with Crippen molar-refractivity contribution in [2.45, 2.75) is 509 Å². The average molecular weight is 1580 g/mol. The number of carbonyl (C=O) groups is 6. The summed E-state index contributed by atoms with van der Waals surface area (Å²) in [5.41, 5.74) is 0.0117. The second-order valence-corrected chi connectivity index (χ2v) is 35.1. The highest BCUT2D eigenvalue weighted by molar-refractivity contribution is 5.78. The molecule has 112 heavy (non-hydrogen) atoms. The number of rotatable bonds is 88. The molecular weight excluding hydrogens is 1390 g/mol. The number of hydrogen-bond acceptors (Lipinski definition) is 10. The van der Waals surface area contributed by atoms with Gasteiger partial charge in [-0.05, 0) is 160 Å². The van der Waals surface area contributed by atoms with E-state index in [2.05, 4.69) is 56.2 Å². The van der Waals surface area contributed by atoms with Crippen molar-refractivity contribution in [2.75, 3.05) is 72.1 Å².